The van der Waals surface area contributed by atoms with Crippen molar-refractivity contribution in [2.75, 3.05) is 0 Å². The summed E-state index contributed by atoms with van der Waals surface area (Å²) in [5.41, 5.74) is 6.86. The van der Waals surface area contributed by atoms with Crippen molar-refractivity contribution in [2.24, 2.45) is 5.73 Å². The molecule has 17 heavy (non-hydrogen) atoms. The molecule has 0 fully saturated rings. The predicted octanol–water partition coefficient (Wildman–Crippen LogP) is 4.41. The SMILES string of the molecule is Cc1occc1Sc1ccc([C@H](C)N)cc1Cl. The van der Waals surface area contributed by atoms with Gasteiger partial charge in [-0.25, -0.2) is 0 Å². The van der Waals surface area contributed by atoms with Crippen LogP contribution in [0.5, 0.6) is 0 Å². The van der Waals surface area contributed by atoms with Crippen molar-refractivity contribution in [3.63, 3.8) is 0 Å². The van der Waals surface area contributed by atoms with Crippen LogP contribution in [0.1, 0.15) is 24.3 Å². The highest BCUT2D eigenvalue weighted by atomic mass is 35.5. The third-order valence-corrected chi connectivity index (χ3v) is 4.16. The summed E-state index contributed by atoms with van der Waals surface area (Å²) in [6.07, 6.45) is 1.68. The van der Waals surface area contributed by atoms with E-state index in [1.165, 1.54) is 0 Å². The smallest absolute Gasteiger partial charge is 0.114 e. The number of benzene rings is 1. The molecule has 2 rings (SSSR count). The zero-order chi connectivity index (χ0) is 12.4. The van der Waals surface area contributed by atoms with Crippen molar-refractivity contribution < 1.29 is 4.42 Å². The molecule has 0 aliphatic rings. The van der Waals surface area contributed by atoms with Crippen LogP contribution in [0.15, 0.2) is 44.7 Å². The van der Waals surface area contributed by atoms with E-state index in [2.05, 4.69) is 0 Å². The van der Waals surface area contributed by atoms with Crippen LogP contribution in [0.4, 0.5) is 0 Å². The maximum absolute atomic E-state index is 6.24. The molecular formula is C13H14ClNOS. The lowest BCUT2D eigenvalue weighted by Gasteiger charge is -2.09. The summed E-state index contributed by atoms with van der Waals surface area (Å²) in [4.78, 5) is 2.10. The number of furan rings is 1. The van der Waals surface area contributed by atoms with Crippen molar-refractivity contribution in [2.45, 2.75) is 29.7 Å². The van der Waals surface area contributed by atoms with Crippen LogP contribution in [-0.2, 0) is 0 Å². The minimum absolute atomic E-state index is 0.00205. The number of rotatable bonds is 3. The van der Waals surface area contributed by atoms with Crippen molar-refractivity contribution in [3.05, 3.63) is 46.9 Å². The van der Waals surface area contributed by atoms with E-state index in [-0.39, 0.29) is 6.04 Å². The second-order valence-corrected chi connectivity index (χ2v) is 5.41. The molecule has 0 amide bonds. The van der Waals surface area contributed by atoms with E-state index in [9.17, 15) is 0 Å². The zero-order valence-electron chi connectivity index (χ0n) is 9.74. The summed E-state index contributed by atoms with van der Waals surface area (Å²) in [6, 6.07) is 7.87. The first-order valence-electron chi connectivity index (χ1n) is 5.35. The Morgan fingerprint density at radius 1 is 1.29 bits per heavy atom. The monoisotopic (exact) mass is 267 g/mol. The van der Waals surface area contributed by atoms with Crippen molar-refractivity contribution >= 4 is 23.4 Å². The molecule has 1 aromatic carbocycles. The van der Waals surface area contributed by atoms with Crippen molar-refractivity contribution in [1.29, 1.82) is 0 Å². The minimum atomic E-state index is 0.00205. The fraction of sp³-hybridized carbons (Fsp3) is 0.231. The quantitative estimate of drug-likeness (QED) is 0.895. The van der Waals surface area contributed by atoms with E-state index in [1.54, 1.807) is 18.0 Å². The zero-order valence-corrected chi connectivity index (χ0v) is 11.3. The van der Waals surface area contributed by atoms with Crippen molar-refractivity contribution in [1.82, 2.24) is 0 Å². The summed E-state index contributed by atoms with van der Waals surface area (Å²) < 4.78 is 5.25. The molecule has 0 saturated heterocycles. The van der Waals surface area contributed by atoms with Crippen molar-refractivity contribution in [3.8, 4) is 0 Å². The molecule has 2 N–H and O–H groups in total. The van der Waals surface area contributed by atoms with Crippen LogP contribution in [0.25, 0.3) is 0 Å². The Hall–Kier alpha value is -0.900. The van der Waals surface area contributed by atoms with E-state index in [0.717, 1.165) is 26.1 Å². The van der Waals surface area contributed by atoms with E-state index < -0.39 is 0 Å². The topological polar surface area (TPSA) is 39.2 Å². The summed E-state index contributed by atoms with van der Waals surface area (Å²) >= 11 is 7.84. The summed E-state index contributed by atoms with van der Waals surface area (Å²) in [6.45, 7) is 3.88. The number of halogens is 1. The van der Waals surface area contributed by atoms with Crippen LogP contribution in [0.3, 0.4) is 0 Å². The first-order chi connectivity index (χ1) is 8.08. The second-order valence-electron chi connectivity index (χ2n) is 3.92. The van der Waals surface area contributed by atoms with Gasteiger partial charge in [0.05, 0.1) is 16.2 Å². The maximum Gasteiger partial charge on any atom is 0.114 e. The van der Waals surface area contributed by atoms with Crippen LogP contribution in [-0.4, -0.2) is 0 Å². The van der Waals surface area contributed by atoms with Gasteiger partial charge in [-0.05, 0) is 37.6 Å². The van der Waals surface area contributed by atoms with Gasteiger partial charge in [0.15, 0.2) is 0 Å². The maximum atomic E-state index is 6.24. The normalized spacial score (nSPS) is 12.7. The molecule has 0 radical (unpaired) electrons. The van der Waals surface area contributed by atoms with Gasteiger partial charge in [0.2, 0.25) is 0 Å². The second kappa shape index (κ2) is 5.17. The first kappa shape index (κ1) is 12.6. The lowest BCUT2D eigenvalue weighted by molar-refractivity contribution is 0.527. The number of aryl methyl sites for hydroxylation is 1. The van der Waals surface area contributed by atoms with Crippen LogP contribution in [0, 0.1) is 6.92 Å². The highest BCUT2D eigenvalue weighted by molar-refractivity contribution is 7.99. The Morgan fingerprint density at radius 2 is 2.06 bits per heavy atom. The van der Waals surface area contributed by atoms with Gasteiger partial charge in [-0.2, -0.15) is 0 Å². The molecule has 90 valence electrons. The molecule has 0 saturated carbocycles. The minimum Gasteiger partial charge on any atom is -0.468 e. The predicted molar refractivity (Wildman–Crippen MR) is 71.6 cm³/mol. The summed E-state index contributed by atoms with van der Waals surface area (Å²) in [7, 11) is 0. The molecular weight excluding hydrogens is 254 g/mol. The van der Waals surface area contributed by atoms with E-state index in [4.69, 9.17) is 21.8 Å². The lowest BCUT2D eigenvalue weighted by Crippen LogP contribution is -2.04. The van der Waals surface area contributed by atoms with Gasteiger partial charge in [0.25, 0.3) is 0 Å². The molecule has 1 heterocycles. The summed E-state index contributed by atoms with van der Waals surface area (Å²) in [5, 5.41) is 0.727. The Morgan fingerprint density at radius 3 is 2.59 bits per heavy atom. The number of hydrogen-bond donors (Lipinski definition) is 1. The number of nitrogens with two attached hydrogens (primary N) is 1. The highest BCUT2D eigenvalue weighted by Crippen LogP contribution is 2.36. The average Bonchev–Trinajstić information content (AvgIpc) is 2.67. The Bertz CT molecular complexity index is 522. The third-order valence-electron chi connectivity index (χ3n) is 2.51. The van der Waals surface area contributed by atoms with Gasteiger partial charge in [-0.15, -0.1) is 0 Å². The molecule has 0 bridgehead atoms. The van der Waals surface area contributed by atoms with Gasteiger partial charge >= 0.3 is 0 Å². The fourth-order valence-corrected chi connectivity index (χ4v) is 2.63. The highest BCUT2D eigenvalue weighted by Gasteiger charge is 2.09. The van der Waals surface area contributed by atoms with Crippen LogP contribution >= 0.6 is 23.4 Å². The molecule has 1 aromatic heterocycles. The molecule has 0 aliphatic carbocycles. The van der Waals surface area contributed by atoms with Crippen LogP contribution < -0.4 is 5.73 Å². The molecule has 2 nitrogen and oxygen atoms in total. The van der Waals surface area contributed by atoms with Gasteiger partial charge in [0, 0.05) is 10.9 Å². The molecule has 1 atom stereocenters. The standard InChI is InChI=1S/C13H14ClNOS/c1-8(15)10-3-4-13(11(14)7-10)17-12-5-6-16-9(12)2/h3-8H,15H2,1-2H3/t8-/m0/s1. The third kappa shape index (κ3) is 2.86. The van der Waals surface area contributed by atoms with Gasteiger partial charge < -0.3 is 10.2 Å². The van der Waals surface area contributed by atoms with Gasteiger partial charge in [-0.1, -0.05) is 29.4 Å². The molecule has 2 aromatic rings. The largest absolute Gasteiger partial charge is 0.468 e. The van der Waals surface area contributed by atoms with E-state index in [0.29, 0.717) is 0 Å². The summed E-state index contributed by atoms with van der Waals surface area (Å²) in [5.74, 6) is 0.905. The average molecular weight is 268 g/mol. The Balaban J connectivity index is 2.26. The Kier molecular flexibility index (Phi) is 3.82. The van der Waals surface area contributed by atoms with Gasteiger partial charge in [0.1, 0.15) is 5.76 Å². The van der Waals surface area contributed by atoms with E-state index >= 15 is 0 Å². The number of hydrogen-bond acceptors (Lipinski definition) is 3. The molecule has 0 unspecified atom stereocenters. The fourth-order valence-electron chi connectivity index (χ4n) is 1.48. The van der Waals surface area contributed by atoms with Crippen LogP contribution in [0.2, 0.25) is 5.02 Å². The first-order valence-corrected chi connectivity index (χ1v) is 6.54. The lowest BCUT2D eigenvalue weighted by atomic mass is 10.1. The van der Waals surface area contributed by atoms with E-state index in [1.807, 2.05) is 38.1 Å². The Labute approximate surface area is 110 Å². The van der Waals surface area contributed by atoms with Gasteiger partial charge in [-0.3, -0.25) is 0 Å². The molecule has 0 spiro atoms. The molecule has 0 aliphatic heterocycles. The molecule has 4 heteroatoms.